The smallest absolute Gasteiger partial charge is 0.0138 e. The van der Waals surface area contributed by atoms with Crippen LogP contribution in [-0.4, -0.2) is 0 Å². The first-order valence-corrected chi connectivity index (χ1v) is 30.3. The molecule has 0 heteroatoms. The predicted molar refractivity (Wildman–Crippen MR) is 364 cm³/mol. The minimum atomic E-state index is 0.0917. The average molecular weight is 1090 g/mol. The van der Waals surface area contributed by atoms with E-state index in [9.17, 15) is 0 Å². The van der Waals surface area contributed by atoms with E-state index in [1.165, 1.54) is 187 Å². The number of hydrogen-bond acceptors (Lipinski definition) is 0. The Kier molecular flexibility index (Phi) is 10.1. The van der Waals surface area contributed by atoms with Gasteiger partial charge in [0.1, 0.15) is 0 Å². The lowest BCUT2D eigenvalue weighted by Gasteiger charge is -2.37. The van der Waals surface area contributed by atoms with Crippen LogP contribution in [0.4, 0.5) is 0 Å². The van der Waals surface area contributed by atoms with E-state index < -0.39 is 0 Å². The van der Waals surface area contributed by atoms with Gasteiger partial charge in [0.2, 0.25) is 0 Å². The number of hydrogen-bond donors (Lipinski definition) is 0. The first kappa shape index (κ1) is 47.6. The number of allylic oxidation sites excluding steroid dienone is 2. The molecule has 0 heterocycles. The van der Waals surface area contributed by atoms with Crippen LogP contribution in [0.15, 0.2) is 303 Å². The molecule has 15 aromatic rings. The third-order valence-corrected chi connectivity index (χ3v) is 19.7. The number of fused-ring (bicyclic) bond motifs is 16. The molecule has 396 valence electrons. The standard InChI is InChI=1S/C86H52/c1-5-21-51(22-6-1)55-37-39-61-71(45-55)79(49-75-69-43-41-57(53-25-9-3-10-26-53)83-63-31-15-13-29-59(63)77(85(69)83)47-73(61)75)81-65-33-17-19-35-67(65)82(68-36-20-18-34-66(68)81)80-50-76-70-44-42-58(54-27-11-4-12-28-54)84-64-32-16-14-30-60(64)78(86(70)84)48-74(76)62-40-38-56(46-72(62)80)52-23-7-2-8-24-52/h1-50,73,75H. The van der Waals surface area contributed by atoms with Crippen molar-refractivity contribution in [2.75, 3.05) is 0 Å². The third kappa shape index (κ3) is 6.76. The van der Waals surface area contributed by atoms with Crippen molar-refractivity contribution in [3.63, 3.8) is 0 Å². The molecule has 86 heavy (non-hydrogen) atoms. The highest BCUT2D eigenvalue weighted by Gasteiger charge is 2.41. The van der Waals surface area contributed by atoms with E-state index in [1.54, 1.807) is 0 Å². The normalized spacial score (nSPS) is 14.9. The quantitative estimate of drug-likeness (QED) is 0.115. The molecular weight excluding hydrogens is 1030 g/mol. The van der Waals surface area contributed by atoms with Gasteiger partial charge in [0.25, 0.3) is 0 Å². The molecule has 0 saturated carbocycles. The van der Waals surface area contributed by atoms with Gasteiger partial charge in [-0.3, -0.25) is 0 Å². The summed E-state index contributed by atoms with van der Waals surface area (Å²) in [5.41, 5.74) is 31.1. The lowest BCUT2D eigenvalue weighted by atomic mass is 9.66. The molecule has 0 aromatic heterocycles. The minimum absolute atomic E-state index is 0.0917. The summed E-state index contributed by atoms with van der Waals surface area (Å²) in [5.74, 6) is 0.222. The maximum absolute atomic E-state index is 2.69. The van der Waals surface area contributed by atoms with Crippen molar-refractivity contribution < 1.29 is 0 Å². The second kappa shape index (κ2) is 18.3. The fraction of sp³-hybridized carbons (Fsp3) is 0.0233. The summed E-state index contributed by atoms with van der Waals surface area (Å²) in [5, 5.41) is 12.7. The maximum Gasteiger partial charge on any atom is 0.0138 e. The zero-order valence-electron chi connectivity index (χ0n) is 47.0. The lowest BCUT2D eigenvalue weighted by Crippen LogP contribution is -2.20. The molecule has 0 aliphatic heterocycles. The molecule has 2 unspecified atom stereocenters. The molecule has 15 aromatic carbocycles. The highest BCUT2D eigenvalue weighted by Crippen LogP contribution is 2.61. The molecule has 0 amide bonds. The van der Waals surface area contributed by atoms with Gasteiger partial charge in [-0.1, -0.05) is 279 Å². The van der Waals surface area contributed by atoms with E-state index in [-0.39, 0.29) is 11.8 Å². The largest absolute Gasteiger partial charge is 0.0675 e. The molecule has 0 N–H and O–H groups in total. The van der Waals surface area contributed by atoms with Crippen LogP contribution < -0.4 is 0 Å². The molecule has 0 fully saturated rings. The predicted octanol–water partition coefficient (Wildman–Crippen LogP) is 23.2. The fourth-order valence-electron chi connectivity index (χ4n) is 16.1. The van der Waals surface area contributed by atoms with E-state index in [4.69, 9.17) is 0 Å². The first-order valence-electron chi connectivity index (χ1n) is 30.3. The van der Waals surface area contributed by atoms with Gasteiger partial charge >= 0.3 is 0 Å². The first-order chi connectivity index (χ1) is 42.7. The SMILES string of the molecule is C1=C2c3ccccc3-c3c(-c4ccccc4)ccc(c32)C2C=C(c3c4ccccc4c(-c4cc5c6ccc(-c7ccccc7)c7c6c(cc5c5ccc(-c6ccccc6)cc45)-c4ccccc4-7)c4ccccc34)c3cc(-c4ccccc4)ccc3C12. The van der Waals surface area contributed by atoms with Crippen molar-refractivity contribution >= 4 is 65.0 Å². The summed E-state index contributed by atoms with van der Waals surface area (Å²) in [6.07, 6.45) is 5.32. The second-order valence-corrected chi connectivity index (χ2v) is 24.0. The lowest BCUT2D eigenvalue weighted by molar-refractivity contribution is 0.718. The Hall–Kier alpha value is -10.9. The van der Waals surface area contributed by atoms with E-state index >= 15 is 0 Å². The van der Waals surface area contributed by atoms with Gasteiger partial charge in [-0.15, -0.1) is 0 Å². The van der Waals surface area contributed by atoms with Crippen LogP contribution in [0, 0.1) is 0 Å². The Morgan fingerprint density at radius 2 is 0.616 bits per heavy atom. The van der Waals surface area contributed by atoms with E-state index in [2.05, 4.69) is 303 Å². The van der Waals surface area contributed by atoms with Crippen molar-refractivity contribution in [3.8, 4) is 89.0 Å². The highest BCUT2D eigenvalue weighted by molar-refractivity contribution is 6.32. The molecular formula is C86H52. The molecule has 4 aliphatic carbocycles. The summed E-state index contributed by atoms with van der Waals surface area (Å²) in [6.45, 7) is 0. The van der Waals surface area contributed by atoms with Gasteiger partial charge in [0.05, 0.1) is 0 Å². The molecule has 0 nitrogen and oxygen atoms in total. The Bertz CT molecular complexity index is 5430. The van der Waals surface area contributed by atoms with Crippen molar-refractivity contribution in [1.82, 2.24) is 0 Å². The van der Waals surface area contributed by atoms with Crippen LogP contribution >= 0.6 is 0 Å². The monoisotopic (exact) mass is 1080 g/mol. The average Bonchev–Trinajstić information content (AvgIpc) is 1.47. The van der Waals surface area contributed by atoms with Crippen LogP contribution in [0.25, 0.3) is 154 Å². The van der Waals surface area contributed by atoms with Crippen LogP contribution in [0.3, 0.4) is 0 Å². The molecule has 0 spiro atoms. The van der Waals surface area contributed by atoms with Gasteiger partial charge in [0.15, 0.2) is 0 Å². The maximum atomic E-state index is 2.69. The van der Waals surface area contributed by atoms with E-state index in [0.29, 0.717) is 0 Å². The third-order valence-electron chi connectivity index (χ3n) is 19.7. The van der Waals surface area contributed by atoms with Crippen molar-refractivity contribution in [3.05, 3.63) is 337 Å². The molecule has 0 saturated heterocycles. The van der Waals surface area contributed by atoms with Crippen molar-refractivity contribution in [2.24, 2.45) is 0 Å². The van der Waals surface area contributed by atoms with Gasteiger partial charge < -0.3 is 0 Å². The molecule has 19 rings (SSSR count). The fourth-order valence-corrected chi connectivity index (χ4v) is 16.1. The van der Waals surface area contributed by atoms with Crippen LogP contribution in [0.5, 0.6) is 0 Å². The Labute approximate surface area is 499 Å². The Morgan fingerprint density at radius 3 is 1.26 bits per heavy atom. The van der Waals surface area contributed by atoms with Crippen molar-refractivity contribution in [1.29, 1.82) is 0 Å². The van der Waals surface area contributed by atoms with Crippen LogP contribution in [0.2, 0.25) is 0 Å². The summed E-state index contributed by atoms with van der Waals surface area (Å²) < 4.78 is 0. The second-order valence-electron chi connectivity index (χ2n) is 24.0. The summed E-state index contributed by atoms with van der Waals surface area (Å²) in [6, 6.07) is 110. The van der Waals surface area contributed by atoms with Gasteiger partial charge in [-0.25, -0.2) is 0 Å². The van der Waals surface area contributed by atoms with Gasteiger partial charge in [-0.05, 0) is 212 Å². The summed E-state index contributed by atoms with van der Waals surface area (Å²) in [4.78, 5) is 0. The Balaban J connectivity index is 0.906. The molecule has 4 aliphatic rings. The Morgan fingerprint density at radius 1 is 0.174 bits per heavy atom. The summed E-state index contributed by atoms with van der Waals surface area (Å²) >= 11 is 0. The van der Waals surface area contributed by atoms with E-state index in [0.717, 1.165) is 0 Å². The topological polar surface area (TPSA) is 0 Å². The van der Waals surface area contributed by atoms with Crippen molar-refractivity contribution in [2.45, 2.75) is 11.8 Å². The molecule has 2 atom stereocenters. The zero-order chi connectivity index (χ0) is 56.1. The number of rotatable bonds is 6. The highest BCUT2D eigenvalue weighted by atomic mass is 14.4. The number of benzene rings is 15. The van der Waals surface area contributed by atoms with Gasteiger partial charge in [-0.2, -0.15) is 0 Å². The minimum Gasteiger partial charge on any atom is -0.0675 e. The van der Waals surface area contributed by atoms with Crippen LogP contribution in [0.1, 0.15) is 45.2 Å². The molecule has 0 radical (unpaired) electrons. The summed E-state index contributed by atoms with van der Waals surface area (Å²) in [7, 11) is 0. The molecule has 0 bridgehead atoms. The van der Waals surface area contributed by atoms with Gasteiger partial charge in [0, 0.05) is 11.8 Å². The van der Waals surface area contributed by atoms with Crippen LogP contribution in [-0.2, 0) is 0 Å². The van der Waals surface area contributed by atoms with E-state index in [1.807, 2.05) is 0 Å². The zero-order valence-corrected chi connectivity index (χ0v) is 47.0.